The Hall–Kier alpha value is 0.0569. The van der Waals surface area contributed by atoms with Crippen molar-refractivity contribution in [2.75, 3.05) is 21.3 Å². The van der Waals surface area contributed by atoms with Crippen molar-refractivity contribution in [1.29, 1.82) is 0 Å². The zero-order valence-corrected chi connectivity index (χ0v) is 11.0. The molecule has 2 atom stereocenters. The molecule has 2 unspecified atom stereocenters. The maximum absolute atomic E-state index is 5.72. The predicted octanol–water partition coefficient (Wildman–Crippen LogP) is 1.61. The Bertz CT molecular complexity index is 141. The summed E-state index contributed by atoms with van der Waals surface area (Å²) in [6.45, 7) is 6.03. The molecule has 0 N–H and O–H groups in total. The van der Waals surface area contributed by atoms with Crippen LogP contribution in [0.4, 0.5) is 0 Å². The maximum atomic E-state index is 5.72. The molecule has 0 fully saturated rings. The second-order valence-electron chi connectivity index (χ2n) is 3.21. The Balaban J connectivity index is 4.35. The Labute approximate surface area is 87.9 Å². The van der Waals surface area contributed by atoms with Gasteiger partial charge in [0.2, 0.25) is 0 Å². The first-order chi connectivity index (χ1) is 6.56. The molecule has 0 aromatic carbocycles. The summed E-state index contributed by atoms with van der Waals surface area (Å²) in [4.78, 5) is 0. The Morgan fingerprint density at radius 1 is 1.00 bits per heavy atom. The minimum absolute atomic E-state index is 0.141. The molecule has 0 aromatic rings. The average Bonchev–Trinajstić information content (AvgIpc) is 2.21. The highest BCUT2D eigenvalue weighted by atomic mass is 28.4. The Morgan fingerprint density at radius 2 is 1.43 bits per heavy atom. The molecule has 0 saturated heterocycles. The molecule has 0 aliphatic carbocycles. The molecule has 14 heavy (non-hydrogen) atoms. The van der Waals surface area contributed by atoms with Crippen LogP contribution in [0.2, 0.25) is 0 Å². The topological polar surface area (TPSA) is 36.9 Å². The van der Waals surface area contributed by atoms with Crippen LogP contribution in [0.1, 0.15) is 27.2 Å². The molecule has 0 rings (SSSR count). The van der Waals surface area contributed by atoms with Gasteiger partial charge in [0.05, 0.1) is 6.10 Å². The normalized spacial score (nSPS) is 16.7. The van der Waals surface area contributed by atoms with Gasteiger partial charge in [0, 0.05) is 21.3 Å². The lowest BCUT2D eigenvalue weighted by Gasteiger charge is -2.31. The fourth-order valence-corrected chi connectivity index (χ4v) is 3.17. The van der Waals surface area contributed by atoms with E-state index < -0.39 is 8.80 Å². The minimum atomic E-state index is -2.62. The van der Waals surface area contributed by atoms with Gasteiger partial charge in [-0.2, -0.15) is 0 Å². The smallest absolute Gasteiger partial charge is 0.375 e. The fourth-order valence-electron chi connectivity index (χ4n) is 1.28. The van der Waals surface area contributed by atoms with Gasteiger partial charge in [0.15, 0.2) is 0 Å². The van der Waals surface area contributed by atoms with Gasteiger partial charge in [-0.05, 0) is 20.3 Å². The van der Waals surface area contributed by atoms with Gasteiger partial charge in [-0.15, -0.1) is 0 Å². The lowest BCUT2D eigenvalue weighted by atomic mass is 10.3. The van der Waals surface area contributed by atoms with Crippen molar-refractivity contribution in [3.63, 3.8) is 0 Å². The van der Waals surface area contributed by atoms with E-state index in [2.05, 4.69) is 6.92 Å². The van der Waals surface area contributed by atoms with Crippen molar-refractivity contribution in [1.82, 2.24) is 0 Å². The number of hydrogen-bond acceptors (Lipinski definition) is 4. The van der Waals surface area contributed by atoms with E-state index in [0.29, 0.717) is 0 Å². The number of ether oxygens (including phenoxy) is 1. The van der Waals surface area contributed by atoms with Crippen LogP contribution in [0, 0.1) is 0 Å². The summed E-state index contributed by atoms with van der Waals surface area (Å²) in [5, 5.41) is 0. The van der Waals surface area contributed by atoms with E-state index in [9.17, 15) is 0 Å². The van der Waals surface area contributed by atoms with E-state index in [4.69, 9.17) is 18.0 Å². The van der Waals surface area contributed by atoms with Gasteiger partial charge in [0.1, 0.15) is 5.73 Å². The van der Waals surface area contributed by atoms with Crippen LogP contribution in [-0.4, -0.2) is 42.0 Å². The summed E-state index contributed by atoms with van der Waals surface area (Å²) in [7, 11) is 2.16. The summed E-state index contributed by atoms with van der Waals surface area (Å²) in [5.74, 6) is 0. The maximum Gasteiger partial charge on any atom is 0.530 e. The highest BCUT2D eigenvalue weighted by Gasteiger charge is 2.46. The second kappa shape index (κ2) is 6.52. The molecule has 0 heterocycles. The van der Waals surface area contributed by atoms with E-state index in [1.54, 1.807) is 21.3 Å². The van der Waals surface area contributed by atoms with Crippen LogP contribution in [0.15, 0.2) is 0 Å². The average molecular weight is 222 g/mol. The number of hydrogen-bond donors (Lipinski definition) is 0. The Morgan fingerprint density at radius 3 is 1.71 bits per heavy atom. The van der Waals surface area contributed by atoms with Crippen molar-refractivity contribution in [3.8, 4) is 0 Å². The molecule has 0 aromatic heterocycles. The van der Waals surface area contributed by atoms with Crippen LogP contribution in [-0.2, 0) is 18.0 Å². The fraction of sp³-hybridized carbons (Fsp3) is 1.00. The van der Waals surface area contributed by atoms with Crippen LogP contribution in [0.5, 0.6) is 0 Å². The third-order valence-electron chi connectivity index (χ3n) is 2.36. The zero-order chi connectivity index (χ0) is 11.2. The van der Waals surface area contributed by atoms with Gasteiger partial charge in [-0.1, -0.05) is 6.92 Å². The van der Waals surface area contributed by atoms with E-state index in [1.165, 1.54) is 0 Å². The highest BCUT2D eigenvalue weighted by molar-refractivity contribution is 6.61. The van der Waals surface area contributed by atoms with Crippen LogP contribution < -0.4 is 0 Å². The van der Waals surface area contributed by atoms with E-state index in [1.807, 2.05) is 13.8 Å². The van der Waals surface area contributed by atoms with Crippen molar-refractivity contribution < 1.29 is 18.0 Å². The minimum Gasteiger partial charge on any atom is -0.375 e. The predicted molar refractivity (Wildman–Crippen MR) is 57.1 cm³/mol. The van der Waals surface area contributed by atoms with Crippen LogP contribution >= 0.6 is 0 Å². The van der Waals surface area contributed by atoms with Crippen LogP contribution in [0.3, 0.4) is 0 Å². The molecule has 5 heteroatoms. The van der Waals surface area contributed by atoms with Crippen molar-refractivity contribution in [2.45, 2.75) is 39.0 Å². The van der Waals surface area contributed by atoms with Gasteiger partial charge in [0.25, 0.3) is 0 Å². The Kier molecular flexibility index (Phi) is 6.55. The summed E-state index contributed by atoms with van der Waals surface area (Å²) >= 11 is 0. The van der Waals surface area contributed by atoms with Gasteiger partial charge >= 0.3 is 8.80 Å². The number of rotatable bonds is 7. The first-order valence-corrected chi connectivity index (χ1v) is 6.67. The third kappa shape index (κ3) is 3.32. The molecule has 0 amide bonds. The van der Waals surface area contributed by atoms with Gasteiger partial charge < -0.3 is 18.0 Å². The van der Waals surface area contributed by atoms with Crippen molar-refractivity contribution in [2.24, 2.45) is 0 Å². The van der Waals surface area contributed by atoms with Gasteiger partial charge in [-0.3, -0.25) is 0 Å². The molecule has 86 valence electrons. The van der Waals surface area contributed by atoms with Crippen LogP contribution in [0.25, 0.3) is 0 Å². The molecule has 0 spiro atoms. The van der Waals surface area contributed by atoms with Crippen molar-refractivity contribution >= 4 is 8.80 Å². The molecule has 0 bridgehead atoms. The summed E-state index contributed by atoms with van der Waals surface area (Å²) in [6, 6.07) is 0. The largest absolute Gasteiger partial charge is 0.530 e. The van der Waals surface area contributed by atoms with E-state index >= 15 is 0 Å². The zero-order valence-electron chi connectivity index (χ0n) is 9.99. The summed E-state index contributed by atoms with van der Waals surface area (Å²) in [5.41, 5.74) is -0.141. The molecule has 4 nitrogen and oxygen atoms in total. The third-order valence-corrected chi connectivity index (χ3v) is 5.20. The lowest BCUT2D eigenvalue weighted by molar-refractivity contribution is -0.0141. The molecule has 0 radical (unpaired) electrons. The van der Waals surface area contributed by atoms with Crippen molar-refractivity contribution in [3.05, 3.63) is 0 Å². The van der Waals surface area contributed by atoms with E-state index in [-0.39, 0.29) is 11.8 Å². The second-order valence-corrected chi connectivity index (χ2v) is 6.46. The quantitative estimate of drug-likeness (QED) is 0.613. The molecule has 0 aliphatic rings. The monoisotopic (exact) mass is 222 g/mol. The summed E-state index contributed by atoms with van der Waals surface area (Å²) in [6.07, 6.45) is 1.16. The summed E-state index contributed by atoms with van der Waals surface area (Å²) < 4.78 is 21.7. The molecule has 0 aliphatic heterocycles. The van der Waals surface area contributed by atoms with E-state index in [0.717, 1.165) is 6.42 Å². The molecule has 0 saturated carbocycles. The first-order valence-electron chi connectivity index (χ1n) is 4.87. The lowest BCUT2D eigenvalue weighted by Crippen LogP contribution is -2.55. The molecular formula is C9H22O4Si. The SMILES string of the molecule is CCC(C)OC(C)[Si](OC)(OC)OC. The first kappa shape index (κ1) is 14.1. The standard InChI is InChI=1S/C9H22O4Si/c1-7-8(2)13-9(3)14(10-4,11-5)12-6/h8-9H,7H2,1-6H3. The van der Waals surface area contributed by atoms with Gasteiger partial charge in [-0.25, -0.2) is 0 Å². The highest BCUT2D eigenvalue weighted by Crippen LogP contribution is 2.16. The molecular weight excluding hydrogens is 200 g/mol.